The number of allylic oxidation sites excluding steroid dienone is 2. The van der Waals surface area contributed by atoms with Crippen LogP contribution < -0.4 is 4.90 Å². The van der Waals surface area contributed by atoms with Gasteiger partial charge in [-0.2, -0.15) is 0 Å². The van der Waals surface area contributed by atoms with Gasteiger partial charge < -0.3 is 9.80 Å². The van der Waals surface area contributed by atoms with Crippen LogP contribution in [0.1, 0.15) is 6.92 Å². The van der Waals surface area contributed by atoms with Crippen LogP contribution in [0.3, 0.4) is 0 Å². The van der Waals surface area contributed by atoms with Crippen LogP contribution in [0, 0.1) is 5.82 Å². The molecule has 0 aromatic heterocycles. The number of amidine groups is 1. The molecule has 0 aliphatic carbocycles. The highest BCUT2D eigenvalue weighted by molar-refractivity contribution is 7.90. The summed E-state index contributed by atoms with van der Waals surface area (Å²) in [5.74, 6) is -0.725. The van der Waals surface area contributed by atoms with Crippen molar-refractivity contribution in [2.24, 2.45) is 4.40 Å². The van der Waals surface area contributed by atoms with Crippen LogP contribution >= 0.6 is 0 Å². The lowest BCUT2D eigenvalue weighted by Crippen LogP contribution is -2.43. The zero-order valence-corrected chi connectivity index (χ0v) is 13.8. The van der Waals surface area contributed by atoms with Crippen molar-refractivity contribution < 1.29 is 17.6 Å². The average Bonchev–Trinajstić information content (AvgIpc) is 2.55. The molecule has 1 aromatic rings. The lowest BCUT2D eigenvalue weighted by molar-refractivity contribution is -0.114. The highest BCUT2D eigenvalue weighted by Gasteiger charge is 2.32. The van der Waals surface area contributed by atoms with Crippen molar-refractivity contribution in [2.45, 2.75) is 6.92 Å². The average molecular weight is 349 g/mol. The normalized spacial score (nSPS) is 18.5. The molecule has 1 amide bonds. The number of anilines is 1. The van der Waals surface area contributed by atoms with E-state index >= 15 is 0 Å². The molecule has 0 atom stereocenters. The number of fused-ring (bicyclic) bond motifs is 1. The van der Waals surface area contributed by atoms with Crippen LogP contribution in [0.15, 0.2) is 52.6 Å². The monoisotopic (exact) mass is 349 g/mol. The number of carbonyl (C=O) groups is 1. The van der Waals surface area contributed by atoms with E-state index in [9.17, 15) is 17.6 Å². The van der Waals surface area contributed by atoms with Crippen molar-refractivity contribution in [3.63, 3.8) is 0 Å². The summed E-state index contributed by atoms with van der Waals surface area (Å²) in [6.45, 7) is 2.40. The minimum Gasteiger partial charge on any atom is -0.331 e. The number of hydrogen-bond donors (Lipinski definition) is 0. The first kappa shape index (κ1) is 16.4. The molecule has 0 spiro atoms. The number of sulfonamides is 1. The van der Waals surface area contributed by atoms with Gasteiger partial charge in [0.2, 0.25) is 0 Å². The number of likely N-dealkylation sites (N-methyl/N-ethyl adjacent to an activating group) is 1. The van der Waals surface area contributed by atoms with Crippen LogP contribution in [0.2, 0.25) is 0 Å². The van der Waals surface area contributed by atoms with E-state index < -0.39 is 15.8 Å². The maximum Gasteiger partial charge on any atom is 0.262 e. The van der Waals surface area contributed by atoms with Crippen molar-refractivity contribution in [1.82, 2.24) is 4.90 Å². The smallest absolute Gasteiger partial charge is 0.262 e. The quantitative estimate of drug-likeness (QED) is 0.832. The fraction of sp³-hybridized carbons (Fsp3) is 0.250. The molecule has 126 valence electrons. The summed E-state index contributed by atoms with van der Waals surface area (Å²) in [6, 6.07) is 5.56. The fourth-order valence-corrected chi connectivity index (χ4v) is 3.58. The van der Waals surface area contributed by atoms with E-state index in [-0.39, 0.29) is 29.6 Å². The van der Waals surface area contributed by atoms with E-state index in [1.807, 2.05) is 0 Å². The van der Waals surface area contributed by atoms with Crippen LogP contribution in [0.4, 0.5) is 10.1 Å². The predicted molar refractivity (Wildman–Crippen MR) is 89.6 cm³/mol. The van der Waals surface area contributed by atoms with Gasteiger partial charge in [0.25, 0.3) is 15.9 Å². The topological polar surface area (TPSA) is 70.1 Å². The molecule has 0 radical (unpaired) electrons. The van der Waals surface area contributed by atoms with Crippen molar-refractivity contribution in [3.05, 3.63) is 54.0 Å². The Morgan fingerprint density at radius 2 is 2.04 bits per heavy atom. The molecule has 3 rings (SSSR count). The Morgan fingerprint density at radius 1 is 1.33 bits per heavy atom. The summed E-state index contributed by atoms with van der Waals surface area (Å²) in [4.78, 5) is 16.0. The standard InChI is InChI=1S/C16H16FN3O3S/c1-2-20(13-7-5-12(17)6-8-13)16(21)14-4-3-9-19-10-11-24(22,23)18-15(14)19/h3-9H,2,10-11H2,1H3. The van der Waals surface area contributed by atoms with Gasteiger partial charge in [-0.05, 0) is 43.3 Å². The van der Waals surface area contributed by atoms with Crippen LogP contribution in [-0.2, 0) is 14.8 Å². The Hall–Kier alpha value is -2.48. The van der Waals surface area contributed by atoms with Crippen molar-refractivity contribution in [2.75, 3.05) is 23.7 Å². The third-order valence-corrected chi connectivity index (χ3v) is 4.94. The zero-order chi connectivity index (χ0) is 17.3. The zero-order valence-electron chi connectivity index (χ0n) is 13.0. The van der Waals surface area contributed by atoms with E-state index in [0.717, 1.165) is 0 Å². The maximum atomic E-state index is 13.1. The molecule has 2 heterocycles. The Morgan fingerprint density at radius 3 is 2.71 bits per heavy atom. The summed E-state index contributed by atoms with van der Waals surface area (Å²) >= 11 is 0. The number of hydrogen-bond acceptors (Lipinski definition) is 4. The lowest BCUT2D eigenvalue weighted by atomic mass is 10.1. The molecule has 2 aliphatic rings. The minimum absolute atomic E-state index is 0.0856. The first-order valence-electron chi connectivity index (χ1n) is 7.47. The van der Waals surface area contributed by atoms with Gasteiger partial charge in [0.15, 0.2) is 5.84 Å². The number of carbonyl (C=O) groups excluding carboxylic acids is 1. The second kappa shape index (κ2) is 6.20. The Labute approximate surface area is 139 Å². The predicted octanol–water partition coefficient (Wildman–Crippen LogP) is 1.68. The first-order valence-corrected chi connectivity index (χ1v) is 9.08. The number of amides is 1. The SMILES string of the molecule is CCN(C(=O)C1=CC=CN2CCS(=O)(=O)N=C12)c1ccc(F)cc1. The number of halogens is 1. The van der Waals surface area contributed by atoms with E-state index in [1.54, 1.807) is 30.2 Å². The summed E-state index contributed by atoms with van der Waals surface area (Å²) in [5, 5.41) is 0. The van der Waals surface area contributed by atoms with Gasteiger partial charge >= 0.3 is 0 Å². The van der Waals surface area contributed by atoms with Gasteiger partial charge in [-0.25, -0.2) is 12.8 Å². The second-order valence-electron chi connectivity index (χ2n) is 5.34. The van der Waals surface area contributed by atoms with E-state index in [4.69, 9.17) is 0 Å². The van der Waals surface area contributed by atoms with Crippen molar-refractivity contribution in [1.29, 1.82) is 0 Å². The first-order chi connectivity index (χ1) is 11.4. The van der Waals surface area contributed by atoms with Crippen LogP contribution in [0.5, 0.6) is 0 Å². The number of benzene rings is 1. The fourth-order valence-electron chi connectivity index (χ4n) is 2.59. The second-order valence-corrected chi connectivity index (χ2v) is 7.10. The third-order valence-electron chi connectivity index (χ3n) is 3.79. The number of nitrogens with zero attached hydrogens (tertiary/aromatic N) is 3. The molecule has 6 nitrogen and oxygen atoms in total. The molecule has 0 saturated carbocycles. The van der Waals surface area contributed by atoms with Crippen molar-refractivity contribution >= 4 is 27.5 Å². The molecule has 24 heavy (non-hydrogen) atoms. The molecule has 1 aromatic carbocycles. The molecular formula is C16H16FN3O3S. The summed E-state index contributed by atoms with van der Waals surface area (Å²) in [5.41, 5.74) is 0.733. The third kappa shape index (κ3) is 3.09. The summed E-state index contributed by atoms with van der Waals surface area (Å²) in [7, 11) is -3.57. The minimum atomic E-state index is -3.57. The highest BCUT2D eigenvalue weighted by atomic mass is 32.2. The molecule has 0 N–H and O–H groups in total. The molecule has 0 unspecified atom stereocenters. The lowest BCUT2D eigenvalue weighted by Gasteiger charge is -2.31. The van der Waals surface area contributed by atoms with E-state index in [0.29, 0.717) is 12.2 Å². The summed E-state index contributed by atoms with van der Waals surface area (Å²) < 4.78 is 40.4. The molecule has 0 fully saturated rings. The van der Waals surface area contributed by atoms with Crippen LogP contribution in [-0.4, -0.2) is 43.9 Å². The Bertz CT molecular complexity index is 857. The summed E-state index contributed by atoms with van der Waals surface area (Å²) in [6.07, 6.45) is 4.92. The largest absolute Gasteiger partial charge is 0.331 e. The Balaban J connectivity index is 1.98. The molecule has 0 saturated heterocycles. The van der Waals surface area contributed by atoms with Crippen LogP contribution in [0.25, 0.3) is 0 Å². The van der Waals surface area contributed by atoms with Gasteiger partial charge in [-0.1, -0.05) is 0 Å². The molecule has 2 aliphatic heterocycles. The van der Waals surface area contributed by atoms with Crippen molar-refractivity contribution in [3.8, 4) is 0 Å². The highest BCUT2D eigenvalue weighted by Crippen LogP contribution is 2.22. The van der Waals surface area contributed by atoms with E-state index in [2.05, 4.69) is 4.40 Å². The van der Waals surface area contributed by atoms with Gasteiger partial charge in [0.05, 0.1) is 11.3 Å². The molecule has 8 heteroatoms. The van der Waals surface area contributed by atoms with Gasteiger partial charge in [0, 0.05) is 25.0 Å². The Kier molecular flexibility index (Phi) is 4.23. The van der Waals surface area contributed by atoms with E-state index in [1.165, 1.54) is 29.2 Å². The molecular weight excluding hydrogens is 333 g/mol. The van der Waals surface area contributed by atoms with Gasteiger partial charge in [0.1, 0.15) is 5.82 Å². The van der Waals surface area contributed by atoms with Gasteiger partial charge in [-0.3, -0.25) is 4.79 Å². The number of rotatable bonds is 3. The molecule has 0 bridgehead atoms. The van der Waals surface area contributed by atoms with Gasteiger partial charge in [-0.15, -0.1) is 4.40 Å². The maximum absolute atomic E-state index is 13.1.